The van der Waals surface area contributed by atoms with Crippen LogP contribution in [-0.4, -0.2) is 28.8 Å². The van der Waals surface area contributed by atoms with E-state index < -0.39 is 6.04 Å². The van der Waals surface area contributed by atoms with Crippen LogP contribution in [0.3, 0.4) is 0 Å². The van der Waals surface area contributed by atoms with Crippen molar-refractivity contribution >= 4 is 35.0 Å². The standard InChI is InChI=1S/C23H28Cl2N2O2/c1-5-16(3)26-23(29)17(4)27(14-18-10-11-20(24)21(25)12-18)22(28)13-19-9-7-6-8-15(19)2/h6-12,16-17H,5,13-14H2,1-4H3,(H,26,29)/t16-,17+/m0/s1. The van der Waals surface area contributed by atoms with Crippen molar-refractivity contribution in [1.29, 1.82) is 0 Å². The zero-order valence-corrected chi connectivity index (χ0v) is 18.8. The lowest BCUT2D eigenvalue weighted by Crippen LogP contribution is -2.49. The minimum Gasteiger partial charge on any atom is -0.352 e. The topological polar surface area (TPSA) is 49.4 Å². The van der Waals surface area contributed by atoms with Crippen molar-refractivity contribution < 1.29 is 9.59 Å². The maximum absolute atomic E-state index is 13.2. The molecule has 0 bridgehead atoms. The molecule has 2 aromatic carbocycles. The first-order valence-electron chi connectivity index (χ1n) is 9.81. The van der Waals surface area contributed by atoms with Gasteiger partial charge in [0.05, 0.1) is 16.5 Å². The van der Waals surface area contributed by atoms with Gasteiger partial charge in [0, 0.05) is 12.6 Å². The Morgan fingerprint density at radius 1 is 1.07 bits per heavy atom. The fraction of sp³-hybridized carbons (Fsp3) is 0.391. The van der Waals surface area contributed by atoms with Crippen LogP contribution in [0.4, 0.5) is 0 Å². The van der Waals surface area contributed by atoms with Crippen LogP contribution in [-0.2, 0) is 22.6 Å². The minimum absolute atomic E-state index is 0.0447. The predicted octanol–water partition coefficient (Wildman–Crippen LogP) is 5.18. The number of benzene rings is 2. The molecular formula is C23H28Cl2N2O2. The fourth-order valence-electron chi connectivity index (χ4n) is 2.96. The maximum atomic E-state index is 13.2. The van der Waals surface area contributed by atoms with E-state index in [1.165, 1.54) is 0 Å². The summed E-state index contributed by atoms with van der Waals surface area (Å²) in [6, 6.07) is 12.5. The van der Waals surface area contributed by atoms with Crippen LogP contribution in [0.15, 0.2) is 42.5 Å². The molecule has 2 aromatic rings. The molecule has 0 aromatic heterocycles. The van der Waals surface area contributed by atoms with E-state index in [0.717, 1.165) is 23.1 Å². The average Bonchev–Trinajstić information content (AvgIpc) is 2.69. The molecule has 2 atom stereocenters. The molecule has 1 N–H and O–H groups in total. The first-order valence-corrected chi connectivity index (χ1v) is 10.6. The molecule has 0 fully saturated rings. The second kappa shape index (κ2) is 10.7. The number of hydrogen-bond donors (Lipinski definition) is 1. The Morgan fingerprint density at radius 3 is 2.38 bits per heavy atom. The van der Waals surface area contributed by atoms with E-state index in [9.17, 15) is 9.59 Å². The molecule has 0 aliphatic carbocycles. The van der Waals surface area contributed by atoms with Crippen molar-refractivity contribution in [3.63, 3.8) is 0 Å². The number of aryl methyl sites for hydroxylation is 1. The number of halogens is 2. The molecule has 0 saturated carbocycles. The van der Waals surface area contributed by atoms with Crippen molar-refractivity contribution in [2.24, 2.45) is 0 Å². The lowest BCUT2D eigenvalue weighted by molar-refractivity contribution is -0.140. The lowest BCUT2D eigenvalue weighted by atomic mass is 10.0. The molecule has 0 unspecified atom stereocenters. The number of rotatable bonds is 8. The van der Waals surface area contributed by atoms with Crippen LogP contribution in [0.25, 0.3) is 0 Å². The molecule has 2 rings (SSSR count). The summed E-state index contributed by atoms with van der Waals surface area (Å²) in [5.74, 6) is -0.283. The van der Waals surface area contributed by atoms with Crippen LogP contribution in [0.5, 0.6) is 0 Å². The van der Waals surface area contributed by atoms with Gasteiger partial charge in [0.1, 0.15) is 6.04 Å². The highest BCUT2D eigenvalue weighted by atomic mass is 35.5. The summed E-state index contributed by atoms with van der Waals surface area (Å²) in [5, 5.41) is 3.84. The Hall–Kier alpha value is -2.04. The van der Waals surface area contributed by atoms with Crippen molar-refractivity contribution in [3.8, 4) is 0 Å². The van der Waals surface area contributed by atoms with Crippen LogP contribution in [0, 0.1) is 6.92 Å². The molecular weight excluding hydrogens is 407 g/mol. The highest BCUT2D eigenvalue weighted by Gasteiger charge is 2.27. The Bertz CT molecular complexity index is 870. The van der Waals surface area contributed by atoms with Gasteiger partial charge in [0.15, 0.2) is 0 Å². The van der Waals surface area contributed by atoms with Gasteiger partial charge in [-0.05, 0) is 56.0 Å². The van der Waals surface area contributed by atoms with Crippen LogP contribution >= 0.6 is 23.2 Å². The molecule has 4 nitrogen and oxygen atoms in total. The number of carbonyl (C=O) groups excluding carboxylic acids is 2. The molecule has 0 spiro atoms. The normalized spacial score (nSPS) is 12.9. The summed E-state index contributed by atoms with van der Waals surface area (Å²) in [6.45, 7) is 7.96. The largest absolute Gasteiger partial charge is 0.352 e. The monoisotopic (exact) mass is 434 g/mol. The SMILES string of the molecule is CC[C@H](C)NC(=O)[C@@H](C)N(Cc1ccc(Cl)c(Cl)c1)C(=O)Cc1ccccc1C. The average molecular weight is 435 g/mol. The lowest BCUT2D eigenvalue weighted by Gasteiger charge is -2.30. The van der Waals surface area contributed by atoms with Gasteiger partial charge in [-0.2, -0.15) is 0 Å². The number of nitrogens with zero attached hydrogens (tertiary/aromatic N) is 1. The van der Waals surface area contributed by atoms with Gasteiger partial charge >= 0.3 is 0 Å². The highest BCUT2D eigenvalue weighted by Crippen LogP contribution is 2.24. The quantitative estimate of drug-likeness (QED) is 0.622. The highest BCUT2D eigenvalue weighted by molar-refractivity contribution is 6.42. The van der Waals surface area contributed by atoms with Crippen LogP contribution in [0.1, 0.15) is 43.9 Å². The zero-order valence-electron chi connectivity index (χ0n) is 17.3. The number of amides is 2. The molecule has 0 heterocycles. The summed E-state index contributed by atoms with van der Waals surface area (Å²) in [6.07, 6.45) is 1.05. The Morgan fingerprint density at radius 2 is 1.76 bits per heavy atom. The van der Waals surface area contributed by atoms with Crippen molar-refractivity contribution in [3.05, 3.63) is 69.2 Å². The summed E-state index contributed by atoms with van der Waals surface area (Å²) in [5.41, 5.74) is 2.82. The van der Waals surface area contributed by atoms with Gasteiger partial charge in [-0.3, -0.25) is 9.59 Å². The van der Waals surface area contributed by atoms with E-state index in [2.05, 4.69) is 5.32 Å². The molecule has 156 valence electrons. The van der Waals surface area contributed by atoms with Gasteiger partial charge in [-0.25, -0.2) is 0 Å². The molecule has 0 saturated heterocycles. The number of nitrogens with one attached hydrogen (secondary N) is 1. The first kappa shape index (κ1) is 23.2. The van der Waals surface area contributed by atoms with E-state index in [1.807, 2.05) is 51.1 Å². The van der Waals surface area contributed by atoms with E-state index >= 15 is 0 Å². The van der Waals surface area contributed by atoms with Crippen LogP contribution < -0.4 is 5.32 Å². The van der Waals surface area contributed by atoms with Crippen LogP contribution in [0.2, 0.25) is 10.0 Å². The molecule has 0 radical (unpaired) electrons. The third-order valence-electron chi connectivity index (χ3n) is 5.11. The summed E-state index contributed by atoms with van der Waals surface area (Å²) < 4.78 is 0. The molecule has 0 aliphatic rings. The second-order valence-corrected chi connectivity index (χ2v) is 8.18. The third kappa shape index (κ3) is 6.48. The Labute approximate surface area is 183 Å². The molecule has 6 heteroatoms. The maximum Gasteiger partial charge on any atom is 0.242 e. The molecule has 29 heavy (non-hydrogen) atoms. The zero-order chi connectivity index (χ0) is 21.6. The smallest absolute Gasteiger partial charge is 0.242 e. The molecule has 0 aliphatic heterocycles. The van der Waals surface area contributed by atoms with Gasteiger partial charge in [-0.1, -0.05) is 60.5 Å². The Balaban J connectivity index is 2.28. The second-order valence-electron chi connectivity index (χ2n) is 7.37. The minimum atomic E-state index is -0.616. The third-order valence-corrected chi connectivity index (χ3v) is 5.85. The van der Waals surface area contributed by atoms with Crippen molar-refractivity contribution in [2.75, 3.05) is 0 Å². The van der Waals surface area contributed by atoms with Crippen molar-refractivity contribution in [1.82, 2.24) is 10.2 Å². The van der Waals surface area contributed by atoms with E-state index in [0.29, 0.717) is 10.0 Å². The summed E-state index contributed by atoms with van der Waals surface area (Å²) in [4.78, 5) is 27.5. The Kier molecular flexibility index (Phi) is 8.54. The van der Waals surface area contributed by atoms with E-state index in [-0.39, 0.29) is 30.8 Å². The van der Waals surface area contributed by atoms with Gasteiger partial charge < -0.3 is 10.2 Å². The van der Waals surface area contributed by atoms with Gasteiger partial charge in [-0.15, -0.1) is 0 Å². The van der Waals surface area contributed by atoms with Crippen molar-refractivity contribution in [2.45, 2.75) is 59.2 Å². The van der Waals surface area contributed by atoms with E-state index in [1.54, 1.807) is 24.0 Å². The predicted molar refractivity (Wildman–Crippen MR) is 119 cm³/mol. The summed E-state index contributed by atoms with van der Waals surface area (Å²) >= 11 is 12.2. The van der Waals surface area contributed by atoms with Gasteiger partial charge in [0.25, 0.3) is 0 Å². The fourth-order valence-corrected chi connectivity index (χ4v) is 3.28. The number of carbonyl (C=O) groups is 2. The number of hydrogen-bond acceptors (Lipinski definition) is 2. The van der Waals surface area contributed by atoms with E-state index in [4.69, 9.17) is 23.2 Å². The van der Waals surface area contributed by atoms with Gasteiger partial charge in [0.2, 0.25) is 11.8 Å². The first-order chi connectivity index (χ1) is 13.7. The summed E-state index contributed by atoms with van der Waals surface area (Å²) in [7, 11) is 0. The molecule has 2 amide bonds.